The van der Waals surface area contributed by atoms with Crippen molar-refractivity contribution in [2.75, 3.05) is 37.6 Å². The number of urea groups is 1. The molecule has 1 aliphatic rings. The molecule has 8 heteroatoms. The maximum absolute atomic E-state index is 12.7. The Labute approximate surface area is 211 Å². The van der Waals surface area contributed by atoms with Crippen molar-refractivity contribution in [3.05, 3.63) is 72.1 Å². The van der Waals surface area contributed by atoms with Crippen LogP contribution in [0.15, 0.2) is 65.2 Å². The van der Waals surface area contributed by atoms with E-state index in [1.165, 1.54) is 0 Å². The minimum atomic E-state index is 0.0119. The Morgan fingerprint density at radius 1 is 0.972 bits per heavy atom. The molecule has 3 heterocycles. The number of hydrogen-bond donors (Lipinski definition) is 1. The number of rotatable bonds is 7. The summed E-state index contributed by atoms with van der Waals surface area (Å²) < 4.78 is 5.76. The normalized spacial score (nSPS) is 14.1. The molecule has 2 aromatic carbocycles. The van der Waals surface area contributed by atoms with Crippen molar-refractivity contribution in [3.8, 4) is 11.3 Å². The Morgan fingerprint density at radius 2 is 1.75 bits per heavy atom. The summed E-state index contributed by atoms with van der Waals surface area (Å²) in [5.74, 6) is 1.51. The first-order valence-electron chi connectivity index (χ1n) is 12.8. The summed E-state index contributed by atoms with van der Waals surface area (Å²) in [5, 5.41) is 8.26. The summed E-state index contributed by atoms with van der Waals surface area (Å²) in [6.45, 7) is 5.65. The van der Waals surface area contributed by atoms with Gasteiger partial charge < -0.3 is 19.6 Å². The standard InChI is InChI=1S/C28H32N6O2/c1-2-3-15-29-28(35)34-17-10-16-33(18-19-34)26-24-25(22-13-8-5-9-14-22)32-36-27(24)31-23(30-26)20-21-11-6-4-7-12-21/h4-9,11-14H,2-3,10,15-20H2,1H3,(H,29,35). The average Bonchev–Trinajstić information content (AvgIpc) is 3.18. The van der Waals surface area contributed by atoms with Gasteiger partial charge in [0.2, 0.25) is 0 Å². The maximum Gasteiger partial charge on any atom is 0.317 e. The van der Waals surface area contributed by atoms with Gasteiger partial charge in [-0.15, -0.1) is 0 Å². The number of fused-ring (bicyclic) bond motifs is 1. The van der Waals surface area contributed by atoms with E-state index in [-0.39, 0.29) is 6.03 Å². The van der Waals surface area contributed by atoms with E-state index in [1.807, 2.05) is 53.4 Å². The highest BCUT2D eigenvalue weighted by Crippen LogP contribution is 2.34. The molecule has 2 amide bonds. The lowest BCUT2D eigenvalue weighted by Gasteiger charge is -2.24. The van der Waals surface area contributed by atoms with Crippen LogP contribution in [0.2, 0.25) is 0 Å². The number of hydrogen-bond acceptors (Lipinski definition) is 6. The number of nitrogens with one attached hydrogen (secondary N) is 1. The van der Waals surface area contributed by atoms with Crippen molar-refractivity contribution >= 4 is 22.9 Å². The van der Waals surface area contributed by atoms with Gasteiger partial charge in [-0.25, -0.2) is 9.78 Å². The molecule has 1 fully saturated rings. The monoisotopic (exact) mass is 484 g/mol. The molecule has 1 N–H and O–H groups in total. The van der Waals surface area contributed by atoms with E-state index in [1.54, 1.807) is 0 Å². The third kappa shape index (κ3) is 5.32. The van der Waals surface area contributed by atoms with Crippen molar-refractivity contribution in [2.45, 2.75) is 32.6 Å². The van der Waals surface area contributed by atoms with Gasteiger partial charge in [0.05, 0.1) is 0 Å². The van der Waals surface area contributed by atoms with Crippen LogP contribution in [0.25, 0.3) is 22.4 Å². The fourth-order valence-electron chi connectivity index (χ4n) is 4.58. The molecule has 1 aliphatic heterocycles. The number of amides is 2. The Balaban J connectivity index is 1.48. The molecule has 0 bridgehead atoms. The zero-order chi connectivity index (χ0) is 24.7. The predicted molar refractivity (Wildman–Crippen MR) is 141 cm³/mol. The quantitative estimate of drug-likeness (QED) is 0.376. The van der Waals surface area contributed by atoms with Crippen LogP contribution >= 0.6 is 0 Å². The number of nitrogens with zero attached hydrogens (tertiary/aromatic N) is 5. The number of anilines is 1. The van der Waals surface area contributed by atoms with Gasteiger partial charge in [-0.1, -0.05) is 79.2 Å². The van der Waals surface area contributed by atoms with Crippen molar-refractivity contribution in [3.63, 3.8) is 0 Å². The zero-order valence-electron chi connectivity index (χ0n) is 20.7. The van der Waals surface area contributed by atoms with Gasteiger partial charge in [0.15, 0.2) is 0 Å². The maximum atomic E-state index is 12.7. The van der Waals surface area contributed by atoms with Crippen molar-refractivity contribution in [1.82, 2.24) is 25.3 Å². The second-order valence-electron chi connectivity index (χ2n) is 9.12. The van der Waals surface area contributed by atoms with E-state index >= 15 is 0 Å². The Hall–Kier alpha value is -3.94. The zero-order valence-corrected chi connectivity index (χ0v) is 20.7. The molecular formula is C28H32N6O2. The summed E-state index contributed by atoms with van der Waals surface area (Å²) >= 11 is 0. The van der Waals surface area contributed by atoms with Gasteiger partial charge in [-0.05, 0) is 18.4 Å². The SMILES string of the molecule is CCCCNC(=O)N1CCCN(c2nc(Cc3ccccc3)nc3onc(-c4ccccc4)c23)CC1. The number of benzene rings is 2. The lowest BCUT2D eigenvalue weighted by atomic mass is 10.1. The molecule has 0 saturated carbocycles. The molecule has 8 nitrogen and oxygen atoms in total. The molecular weight excluding hydrogens is 452 g/mol. The first-order chi connectivity index (χ1) is 17.7. The highest BCUT2D eigenvalue weighted by Gasteiger charge is 2.25. The molecule has 0 aliphatic carbocycles. The number of aromatic nitrogens is 3. The molecule has 36 heavy (non-hydrogen) atoms. The van der Waals surface area contributed by atoms with Crippen molar-refractivity contribution in [1.29, 1.82) is 0 Å². The third-order valence-electron chi connectivity index (χ3n) is 6.50. The Kier molecular flexibility index (Phi) is 7.40. The lowest BCUT2D eigenvalue weighted by Crippen LogP contribution is -2.42. The summed E-state index contributed by atoms with van der Waals surface area (Å²) in [7, 11) is 0. The molecule has 0 atom stereocenters. The molecule has 1 saturated heterocycles. The van der Waals surface area contributed by atoms with Crippen LogP contribution in [0.5, 0.6) is 0 Å². The second-order valence-corrected chi connectivity index (χ2v) is 9.12. The fraction of sp³-hybridized carbons (Fsp3) is 0.357. The van der Waals surface area contributed by atoms with E-state index in [0.29, 0.717) is 37.6 Å². The van der Waals surface area contributed by atoms with Gasteiger partial charge in [-0.3, -0.25) is 0 Å². The van der Waals surface area contributed by atoms with Gasteiger partial charge >= 0.3 is 6.03 Å². The largest absolute Gasteiger partial charge is 0.354 e. The van der Waals surface area contributed by atoms with Crippen LogP contribution in [0.1, 0.15) is 37.6 Å². The van der Waals surface area contributed by atoms with Crippen LogP contribution in [0.3, 0.4) is 0 Å². The van der Waals surface area contributed by atoms with E-state index in [2.05, 4.69) is 34.4 Å². The minimum absolute atomic E-state index is 0.0119. The fourth-order valence-corrected chi connectivity index (χ4v) is 4.58. The van der Waals surface area contributed by atoms with Crippen LogP contribution in [0, 0.1) is 0 Å². The molecule has 0 radical (unpaired) electrons. The summed E-state index contributed by atoms with van der Waals surface area (Å²) in [6, 6.07) is 20.2. The van der Waals surface area contributed by atoms with Crippen LogP contribution in [0.4, 0.5) is 10.6 Å². The Morgan fingerprint density at radius 3 is 2.53 bits per heavy atom. The Bertz CT molecular complexity index is 1290. The molecule has 186 valence electrons. The van der Waals surface area contributed by atoms with Gasteiger partial charge in [0, 0.05) is 44.7 Å². The molecule has 4 aromatic rings. The van der Waals surface area contributed by atoms with Crippen LogP contribution in [-0.4, -0.2) is 58.8 Å². The molecule has 0 spiro atoms. The highest BCUT2D eigenvalue weighted by atomic mass is 16.5. The average molecular weight is 485 g/mol. The summed E-state index contributed by atoms with van der Waals surface area (Å²) in [4.78, 5) is 26.6. The van der Waals surface area contributed by atoms with Gasteiger partial charge in [0.25, 0.3) is 5.71 Å². The minimum Gasteiger partial charge on any atom is -0.354 e. The highest BCUT2D eigenvalue weighted by molar-refractivity contribution is 5.98. The van der Waals surface area contributed by atoms with Crippen molar-refractivity contribution in [2.24, 2.45) is 0 Å². The van der Waals surface area contributed by atoms with Gasteiger partial charge in [0.1, 0.15) is 22.7 Å². The summed E-state index contributed by atoms with van der Waals surface area (Å²) in [5.41, 5.74) is 3.33. The second kappa shape index (κ2) is 11.2. The van der Waals surface area contributed by atoms with E-state index < -0.39 is 0 Å². The predicted octanol–water partition coefficient (Wildman–Crippen LogP) is 4.90. The van der Waals surface area contributed by atoms with Crippen molar-refractivity contribution < 1.29 is 9.32 Å². The van der Waals surface area contributed by atoms with E-state index in [4.69, 9.17) is 14.5 Å². The number of unbranched alkanes of at least 4 members (excludes halogenated alkanes) is 1. The van der Waals surface area contributed by atoms with Crippen LogP contribution in [-0.2, 0) is 6.42 Å². The lowest BCUT2D eigenvalue weighted by molar-refractivity contribution is 0.201. The summed E-state index contributed by atoms with van der Waals surface area (Å²) in [6.07, 6.45) is 3.51. The number of carbonyl (C=O) groups excluding carboxylic acids is 1. The first kappa shape index (κ1) is 23.8. The van der Waals surface area contributed by atoms with Gasteiger partial charge in [-0.2, -0.15) is 4.98 Å². The first-order valence-corrected chi connectivity index (χ1v) is 12.8. The smallest absolute Gasteiger partial charge is 0.317 e. The van der Waals surface area contributed by atoms with Crippen LogP contribution < -0.4 is 10.2 Å². The molecule has 5 rings (SSSR count). The molecule has 2 aromatic heterocycles. The molecule has 0 unspecified atom stereocenters. The third-order valence-corrected chi connectivity index (χ3v) is 6.50. The van der Waals surface area contributed by atoms with E-state index in [0.717, 1.165) is 60.4 Å². The topological polar surface area (TPSA) is 87.4 Å². The van der Waals surface area contributed by atoms with E-state index in [9.17, 15) is 4.79 Å². The number of carbonyl (C=O) groups is 1.